The van der Waals surface area contributed by atoms with Gasteiger partial charge in [-0.2, -0.15) is 10.1 Å². The Bertz CT molecular complexity index is 1100. The van der Waals surface area contributed by atoms with E-state index in [1.807, 2.05) is 30.3 Å². The number of aromatic nitrogens is 4. The minimum absolute atomic E-state index is 0.0264. The molecule has 12 nitrogen and oxygen atoms in total. The van der Waals surface area contributed by atoms with Crippen LogP contribution >= 0.6 is 0 Å². The van der Waals surface area contributed by atoms with E-state index in [1.165, 1.54) is 10.8 Å². The zero-order valence-corrected chi connectivity index (χ0v) is 15.0. The maximum Gasteiger partial charge on any atom is 0.280 e. The number of nitrogens with one attached hydrogen (secondary N) is 2. The summed E-state index contributed by atoms with van der Waals surface area (Å²) in [5.74, 6) is -0.125. The van der Waals surface area contributed by atoms with Crippen molar-refractivity contribution in [1.82, 2.24) is 19.5 Å². The van der Waals surface area contributed by atoms with Crippen LogP contribution in [0, 0.1) is 0 Å². The number of aliphatic hydroxyl groups is 3. The number of hydrogen-bond donors (Lipinski definition) is 6. The molecular formula is C17H19N7O5. The molecule has 1 aliphatic heterocycles. The topological polar surface area (TPSA) is 184 Å². The molecule has 12 heteroatoms. The van der Waals surface area contributed by atoms with Gasteiger partial charge in [0.25, 0.3) is 5.56 Å². The molecule has 0 bridgehead atoms. The third kappa shape index (κ3) is 3.45. The number of nitrogen functional groups attached to an aromatic ring is 1. The minimum atomic E-state index is -1.41. The molecule has 3 heterocycles. The van der Waals surface area contributed by atoms with Gasteiger partial charge < -0.3 is 25.8 Å². The summed E-state index contributed by atoms with van der Waals surface area (Å²) >= 11 is 0. The second kappa shape index (κ2) is 7.60. The first kappa shape index (κ1) is 19.0. The van der Waals surface area contributed by atoms with E-state index in [4.69, 9.17) is 10.5 Å². The number of ether oxygens (including phenoxy) is 1. The number of imidazole rings is 1. The van der Waals surface area contributed by atoms with Crippen molar-refractivity contribution in [2.45, 2.75) is 24.5 Å². The predicted molar refractivity (Wildman–Crippen MR) is 103 cm³/mol. The number of nitrogens with two attached hydrogens (primary N) is 1. The van der Waals surface area contributed by atoms with Gasteiger partial charge in [0.2, 0.25) is 11.9 Å². The van der Waals surface area contributed by atoms with Crippen molar-refractivity contribution in [2.24, 2.45) is 5.10 Å². The first-order valence-electron chi connectivity index (χ1n) is 8.74. The van der Waals surface area contributed by atoms with Crippen LogP contribution in [0.15, 0.2) is 40.2 Å². The molecule has 2 aromatic heterocycles. The van der Waals surface area contributed by atoms with Crippen LogP contribution in [0.3, 0.4) is 0 Å². The molecule has 152 valence electrons. The van der Waals surface area contributed by atoms with Crippen LogP contribution < -0.4 is 16.7 Å². The summed E-state index contributed by atoms with van der Waals surface area (Å²) in [6.07, 6.45) is -3.43. The Morgan fingerprint density at radius 2 is 2.03 bits per heavy atom. The van der Waals surface area contributed by atoms with E-state index >= 15 is 0 Å². The van der Waals surface area contributed by atoms with Crippen LogP contribution in [0.1, 0.15) is 11.8 Å². The van der Waals surface area contributed by atoms with Gasteiger partial charge >= 0.3 is 0 Å². The molecule has 3 aromatic rings. The summed E-state index contributed by atoms with van der Waals surface area (Å²) in [5, 5.41) is 34.0. The SMILES string of the molecule is Nc1nc2c(nc(NN=Cc3ccccc3)n2C2OC(CO)C(O)C2O)c(=O)[nH]1. The van der Waals surface area contributed by atoms with Crippen LogP contribution in [0.25, 0.3) is 11.2 Å². The summed E-state index contributed by atoms with van der Waals surface area (Å²) in [4.78, 5) is 22.8. The molecule has 0 radical (unpaired) electrons. The van der Waals surface area contributed by atoms with Crippen LogP contribution in [-0.2, 0) is 4.74 Å². The van der Waals surface area contributed by atoms with Crippen molar-refractivity contribution in [3.8, 4) is 0 Å². The quantitative estimate of drug-likeness (QED) is 0.225. The number of nitrogens with zero attached hydrogens (tertiary/aromatic N) is 4. The summed E-state index contributed by atoms with van der Waals surface area (Å²) in [7, 11) is 0. The lowest BCUT2D eigenvalue weighted by Gasteiger charge is -2.18. The average molecular weight is 401 g/mol. The molecule has 0 aliphatic carbocycles. The standard InChI is InChI=1S/C17H19N7O5/c18-16-21-13-10(14(28)22-16)20-17(23-19-6-8-4-2-1-3-5-8)24(13)15-12(27)11(26)9(7-25)29-15/h1-6,9,11-12,15,25-27H,7H2,(H,20,23)(H3,18,21,22,28). The zero-order chi connectivity index (χ0) is 20.5. The van der Waals surface area contributed by atoms with Crippen LogP contribution in [0.4, 0.5) is 11.9 Å². The summed E-state index contributed by atoms with van der Waals surface area (Å²) < 4.78 is 6.83. The average Bonchev–Trinajstić information content (AvgIpc) is 3.20. The van der Waals surface area contributed by atoms with Gasteiger partial charge in [-0.15, -0.1) is 0 Å². The van der Waals surface area contributed by atoms with Gasteiger partial charge in [0.1, 0.15) is 18.3 Å². The Labute approximate surface area is 163 Å². The Kier molecular flexibility index (Phi) is 4.98. The lowest BCUT2D eigenvalue weighted by Crippen LogP contribution is -2.33. The number of aliphatic hydroxyl groups excluding tert-OH is 3. The fraction of sp³-hybridized carbons (Fsp3) is 0.294. The molecule has 1 fully saturated rings. The highest BCUT2D eigenvalue weighted by molar-refractivity contribution is 5.80. The molecular weight excluding hydrogens is 382 g/mol. The Morgan fingerprint density at radius 3 is 2.72 bits per heavy atom. The molecule has 1 saturated heterocycles. The molecule has 1 aromatic carbocycles. The minimum Gasteiger partial charge on any atom is -0.394 e. The molecule has 0 amide bonds. The van der Waals surface area contributed by atoms with Gasteiger partial charge in [-0.25, -0.2) is 10.4 Å². The molecule has 4 atom stereocenters. The third-order valence-electron chi connectivity index (χ3n) is 4.52. The molecule has 0 spiro atoms. The van der Waals surface area contributed by atoms with E-state index in [2.05, 4.69) is 25.5 Å². The molecule has 1 aliphatic rings. The number of anilines is 2. The highest BCUT2D eigenvalue weighted by Crippen LogP contribution is 2.33. The molecule has 7 N–H and O–H groups in total. The smallest absolute Gasteiger partial charge is 0.280 e. The van der Waals surface area contributed by atoms with E-state index < -0.39 is 36.7 Å². The summed E-state index contributed by atoms with van der Waals surface area (Å²) in [6, 6.07) is 9.25. The Hall–Kier alpha value is -3.32. The molecule has 4 rings (SSSR count). The Balaban J connectivity index is 1.77. The second-order valence-electron chi connectivity index (χ2n) is 6.44. The van der Waals surface area contributed by atoms with Crippen LogP contribution in [0.5, 0.6) is 0 Å². The number of aromatic amines is 1. The number of hydrazone groups is 1. The van der Waals surface area contributed by atoms with Gasteiger partial charge in [0.15, 0.2) is 17.4 Å². The fourth-order valence-corrected chi connectivity index (χ4v) is 3.12. The van der Waals surface area contributed by atoms with E-state index in [9.17, 15) is 20.1 Å². The third-order valence-corrected chi connectivity index (χ3v) is 4.52. The highest BCUT2D eigenvalue weighted by Gasteiger charge is 2.45. The summed E-state index contributed by atoms with van der Waals surface area (Å²) in [6.45, 7) is -0.508. The number of fused-ring (bicyclic) bond motifs is 1. The van der Waals surface area contributed by atoms with Gasteiger partial charge in [0.05, 0.1) is 12.8 Å². The number of rotatable bonds is 5. The second-order valence-corrected chi connectivity index (χ2v) is 6.44. The predicted octanol–water partition coefficient (Wildman–Crippen LogP) is -1.24. The first-order chi connectivity index (χ1) is 14.0. The number of benzene rings is 1. The normalized spacial score (nSPS) is 24.5. The van der Waals surface area contributed by atoms with Crippen LogP contribution in [-0.4, -0.2) is 66.0 Å². The van der Waals surface area contributed by atoms with Gasteiger partial charge in [-0.05, 0) is 5.56 Å². The number of H-pyrrole nitrogens is 1. The highest BCUT2D eigenvalue weighted by atomic mass is 16.6. The van der Waals surface area contributed by atoms with E-state index in [0.29, 0.717) is 0 Å². The lowest BCUT2D eigenvalue weighted by atomic mass is 10.1. The Morgan fingerprint density at radius 1 is 1.28 bits per heavy atom. The largest absolute Gasteiger partial charge is 0.394 e. The van der Waals surface area contributed by atoms with Gasteiger partial charge in [0, 0.05) is 0 Å². The fourth-order valence-electron chi connectivity index (χ4n) is 3.12. The van der Waals surface area contributed by atoms with Crippen molar-refractivity contribution < 1.29 is 20.1 Å². The van der Waals surface area contributed by atoms with Crippen LogP contribution in [0.2, 0.25) is 0 Å². The van der Waals surface area contributed by atoms with Crippen molar-refractivity contribution in [3.63, 3.8) is 0 Å². The maximum atomic E-state index is 12.2. The van der Waals surface area contributed by atoms with Gasteiger partial charge in [-0.1, -0.05) is 30.3 Å². The summed E-state index contributed by atoms with van der Waals surface area (Å²) in [5.41, 5.74) is 8.53. The van der Waals surface area contributed by atoms with Crippen molar-refractivity contribution in [2.75, 3.05) is 17.8 Å². The molecule has 29 heavy (non-hydrogen) atoms. The maximum absolute atomic E-state index is 12.2. The number of hydrogen-bond acceptors (Lipinski definition) is 10. The monoisotopic (exact) mass is 401 g/mol. The van der Waals surface area contributed by atoms with E-state index in [1.54, 1.807) is 0 Å². The van der Waals surface area contributed by atoms with Crippen molar-refractivity contribution in [3.05, 3.63) is 46.2 Å². The van der Waals surface area contributed by atoms with E-state index in [0.717, 1.165) is 5.56 Å². The van der Waals surface area contributed by atoms with Gasteiger partial charge in [-0.3, -0.25) is 14.3 Å². The molecule has 4 unspecified atom stereocenters. The van der Waals surface area contributed by atoms with Crippen molar-refractivity contribution >= 4 is 29.3 Å². The molecule has 0 saturated carbocycles. The zero-order valence-electron chi connectivity index (χ0n) is 15.0. The van der Waals surface area contributed by atoms with Crippen molar-refractivity contribution in [1.29, 1.82) is 0 Å². The lowest BCUT2D eigenvalue weighted by molar-refractivity contribution is -0.0501. The van der Waals surface area contributed by atoms with E-state index in [-0.39, 0.29) is 23.1 Å². The first-order valence-corrected chi connectivity index (χ1v) is 8.74.